The Morgan fingerprint density at radius 3 is 3.07 bits per heavy atom. The Hall–Kier alpha value is -1.26. The van der Waals surface area contributed by atoms with Gasteiger partial charge in [-0.15, -0.1) is 0 Å². The molecule has 1 heterocycles. The summed E-state index contributed by atoms with van der Waals surface area (Å²) in [4.78, 5) is 4.16. The Labute approximate surface area is 93.1 Å². The van der Waals surface area contributed by atoms with Crippen molar-refractivity contribution in [3.05, 3.63) is 21.9 Å². The average molecular weight is 228 g/mol. The summed E-state index contributed by atoms with van der Waals surface area (Å²) in [7, 11) is 0. The van der Waals surface area contributed by atoms with Gasteiger partial charge in [-0.1, -0.05) is 24.3 Å². The molecule has 0 aliphatic heterocycles. The molecule has 0 amide bonds. The Bertz CT molecular complexity index is 450. The standard InChI is InChI=1S/C10H14ClN3O/c1-3-8(11)6-9-7(2)15-10(14-9)13-5-4-12/h3,6H,2,4-5,12H2,1H3,(H,13,14)/b8-3+,9-6+. The van der Waals surface area contributed by atoms with Crippen molar-refractivity contribution in [2.45, 2.75) is 6.92 Å². The van der Waals surface area contributed by atoms with Gasteiger partial charge in [0.05, 0.1) is 0 Å². The van der Waals surface area contributed by atoms with E-state index in [4.69, 9.17) is 21.8 Å². The van der Waals surface area contributed by atoms with Crippen LogP contribution in [-0.2, 0) is 0 Å². The molecule has 1 aromatic rings. The van der Waals surface area contributed by atoms with Crippen LogP contribution in [0.2, 0.25) is 0 Å². The van der Waals surface area contributed by atoms with Gasteiger partial charge < -0.3 is 15.5 Å². The van der Waals surface area contributed by atoms with Crippen molar-refractivity contribution in [3.8, 4) is 0 Å². The number of allylic oxidation sites excluding steroid dienone is 2. The molecule has 0 unspecified atom stereocenters. The maximum atomic E-state index is 5.84. The SMILES string of the molecule is C=c1oc(NCCN)n/c1=C/C(Cl)=C\C. The van der Waals surface area contributed by atoms with E-state index in [1.807, 2.05) is 6.92 Å². The number of nitrogens with one attached hydrogen (secondary N) is 1. The van der Waals surface area contributed by atoms with Crippen LogP contribution in [0.1, 0.15) is 6.92 Å². The third kappa shape index (κ3) is 3.42. The summed E-state index contributed by atoms with van der Waals surface area (Å²) in [5.41, 5.74) is 5.82. The van der Waals surface area contributed by atoms with Crippen molar-refractivity contribution in [1.29, 1.82) is 0 Å². The fraction of sp³-hybridized carbons (Fsp3) is 0.300. The van der Waals surface area contributed by atoms with Gasteiger partial charge in [-0.05, 0) is 13.0 Å². The smallest absolute Gasteiger partial charge is 0.295 e. The normalized spacial score (nSPS) is 13.3. The van der Waals surface area contributed by atoms with E-state index in [1.165, 1.54) is 0 Å². The third-order valence-corrected chi connectivity index (χ3v) is 2.03. The Kier molecular flexibility index (Phi) is 4.39. The molecule has 0 spiro atoms. The second kappa shape index (κ2) is 5.58. The van der Waals surface area contributed by atoms with Gasteiger partial charge in [-0.3, -0.25) is 0 Å². The van der Waals surface area contributed by atoms with Gasteiger partial charge in [0.2, 0.25) is 0 Å². The first-order valence-corrected chi connectivity index (χ1v) is 4.98. The summed E-state index contributed by atoms with van der Waals surface area (Å²) in [6.45, 7) is 6.69. The highest BCUT2D eigenvalue weighted by molar-refractivity contribution is 6.33. The lowest BCUT2D eigenvalue weighted by molar-refractivity contribution is 0.540. The van der Waals surface area contributed by atoms with Crippen molar-refractivity contribution >= 4 is 30.3 Å². The van der Waals surface area contributed by atoms with E-state index in [-0.39, 0.29) is 0 Å². The molecule has 1 rings (SSSR count). The summed E-state index contributed by atoms with van der Waals surface area (Å²) >= 11 is 5.84. The summed E-state index contributed by atoms with van der Waals surface area (Å²) < 4.78 is 5.26. The van der Waals surface area contributed by atoms with E-state index in [0.29, 0.717) is 34.9 Å². The molecule has 4 nitrogen and oxygen atoms in total. The van der Waals surface area contributed by atoms with Gasteiger partial charge in [-0.25, -0.2) is 0 Å². The first-order valence-electron chi connectivity index (χ1n) is 4.60. The van der Waals surface area contributed by atoms with Gasteiger partial charge in [-0.2, -0.15) is 4.98 Å². The lowest BCUT2D eigenvalue weighted by Crippen LogP contribution is -2.20. The summed E-state index contributed by atoms with van der Waals surface area (Å²) in [6.07, 6.45) is 3.46. The predicted molar refractivity (Wildman–Crippen MR) is 62.9 cm³/mol. The number of halogens is 1. The van der Waals surface area contributed by atoms with Crippen molar-refractivity contribution in [3.63, 3.8) is 0 Å². The fourth-order valence-corrected chi connectivity index (χ4v) is 1.05. The maximum absolute atomic E-state index is 5.84. The van der Waals surface area contributed by atoms with E-state index < -0.39 is 0 Å². The molecule has 0 aliphatic rings. The number of oxazole rings is 1. The molecule has 0 aliphatic carbocycles. The van der Waals surface area contributed by atoms with Crippen LogP contribution in [-0.4, -0.2) is 18.1 Å². The van der Waals surface area contributed by atoms with Gasteiger partial charge in [0.15, 0.2) is 0 Å². The molecule has 3 N–H and O–H groups in total. The molecule has 0 radical (unpaired) electrons. The van der Waals surface area contributed by atoms with E-state index in [9.17, 15) is 0 Å². The van der Waals surface area contributed by atoms with Crippen molar-refractivity contribution in [2.24, 2.45) is 5.73 Å². The second-order valence-corrected chi connectivity index (χ2v) is 3.30. The monoisotopic (exact) mass is 227 g/mol. The van der Waals surface area contributed by atoms with Gasteiger partial charge in [0, 0.05) is 18.1 Å². The van der Waals surface area contributed by atoms with Gasteiger partial charge in [0.25, 0.3) is 6.01 Å². The number of aromatic nitrogens is 1. The first kappa shape index (κ1) is 11.8. The van der Waals surface area contributed by atoms with Crippen LogP contribution in [0.5, 0.6) is 0 Å². The lowest BCUT2D eigenvalue weighted by Gasteiger charge is -1.94. The molecule has 0 aromatic carbocycles. The van der Waals surface area contributed by atoms with Crippen LogP contribution < -0.4 is 21.8 Å². The van der Waals surface area contributed by atoms with Crippen LogP contribution in [0.25, 0.3) is 12.7 Å². The van der Waals surface area contributed by atoms with E-state index in [1.54, 1.807) is 12.2 Å². The largest absolute Gasteiger partial charge is 0.424 e. The lowest BCUT2D eigenvalue weighted by atomic mass is 10.4. The number of hydrogen-bond acceptors (Lipinski definition) is 4. The quantitative estimate of drug-likeness (QED) is 0.781. The zero-order valence-corrected chi connectivity index (χ0v) is 9.34. The highest BCUT2D eigenvalue weighted by atomic mass is 35.5. The molecule has 0 atom stereocenters. The van der Waals surface area contributed by atoms with Gasteiger partial charge in [0.1, 0.15) is 10.8 Å². The molecule has 0 bridgehead atoms. The average Bonchev–Trinajstić information content (AvgIpc) is 2.56. The minimum Gasteiger partial charge on any atom is -0.424 e. The zero-order valence-electron chi connectivity index (χ0n) is 8.59. The zero-order chi connectivity index (χ0) is 11.3. The topological polar surface area (TPSA) is 64.1 Å². The molecule has 5 heteroatoms. The van der Waals surface area contributed by atoms with Crippen molar-refractivity contribution < 1.29 is 4.42 Å². The number of nitrogens with two attached hydrogens (primary N) is 1. The molecule has 0 saturated heterocycles. The Morgan fingerprint density at radius 1 is 1.73 bits per heavy atom. The molecule has 0 saturated carbocycles. The highest BCUT2D eigenvalue weighted by Gasteiger charge is 1.99. The molecule has 0 fully saturated rings. The number of rotatable bonds is 4. The molecular formula is C10H14ClN3O. The van der Waals surface area contributed by atoms with Crippen LogP contribution in [0.15, 0.2) is 15.5 Å². The molecule has 82 valence electrons. The second-order valence-electron chi connectivity index (χ2n) is 2.86. The molecule has 15 heavy (non-hydrogen) atoms. The van der Waals surface area contributed by atoms with Crippen molar-refractivity contribution in [2.75, 3.05) is 18.4 Å². The fourth-order valence-electron chi connectivity index (χ4n) is 0.945. The minimum atomic E-state index is 0.414. The van der Waals surface area contributed by atoms with Crippen LogP contribution in [0.3, 0.4) is 0 Å². The summed E-state index contributed by atoms with van der Waals surface area (Å²) in [5.74, 6) is 0. The number of anilines is 1. The first-order chi connectivity index (χ1) is 7.17. The highest BCUT2D eigenvalue weighted by Crippen LogP contribution is 2.01. The van der Waals surface area contributed by atoms with E-state index >= 15 is 0 Å². The maximum Gasteiger partial charge on any atom is 0.295 e. The third-order valence-electron chi connectivity index (χ3n) is 1.70. The summed E-state index contributed by atoms with van der Waals surface area (Å²) in [5, 5.41) is 4.14. The Balaban J connectivity index is 2.96. The summed E-state index contributed by atoms with van der Waals surface area (Å²) in [6, 6.07) is 0.414. The number of hydrogen-bond donors (Lipinski definition) is 2. The van der Waals surface area contributed by atoms with Crippen molar-refractivity contribution in [1.82, 2.24) is 4.98 Å². The van der Waals surface area contributed by atoms with E-state index in [0.717, 1.165) is 0 Å². The predicted octanol–water partition coefficient (Wildman–Crippen LogP) is 0.379. The molecule has 1 aromatic heterocycles. The number of nitrogens with zero attached hydrogens (tertiary/aromatic N) is 1. The van der Waals surface area contributed by atoms with E-state index in [2.05, 4.69) is 16.9 Å². The van der Waals surface area contributed by atoms with Crippen LogP contribution in [0.4, 0.5) is 6.01 Å². The van der Waals surface area contributed by atoms with Gasteiger partial charge >= 0.3 is 0 Å². The Morgan fingerprint density at radius 2 is 2.47 bits per heavy atom. The minimum absolute atomic E-state index is 0.414. The van der Waals surface area contributed by atoms with Crippen LogP contribution >= 0.6 is 11.6 Å². The molecular weight excluding hydrogens is 214 g/mol. The van der Waals surface area contributed by atoms with Crippen LogP contribution in [0, 0.1) is 0 Å².